The topological polar surface area (TPSA) is 91.2 Å². The van der Waals surface area contributed by atoms with Crippen molar-refractivity contribution in [3.05, 3.63) is 54.6 Å². The molecular weight excluding hydrogens is 428 g/mol. The lowest BCUT2D eigenvalue weighted by Gasteiger charge is -2.31. The van der Waals surface area contributed by atoms with E-state index in [-0.39, 0.29) is 23.8 Å². The fraction of sp³-hybridized carbons (Fsp3) is 0.444. The summed E-state index contributed by atoms with van der Waals surface area (Å²) in [5.41, 5.74) is 1.12. The van der Waals surface area contributed by atoms with E-state index in [1.165, 1.54) is 4.90 Å². The van der Waals surface area contributed by atoms with Gasteiger partial charge in [-0.3, -0.25) is 19.3 Å². The Labute approximate surface area is 199 Å². The number of hydrogen-bond acceptors (Lipinski definition) is 5. The van der Waals surface area contributed by atoms with Crippen molar-refractivity contribution < 1.29 is 14.4 Å². The standard InChI is InChI=1S/C27H30N4O3/c32-24(28-19-13-15-21(16-14-19)30-29-20-9-3-1-4-10-20)23-25(33)31(22-11-5-2-6-12-22)26(34)27(23)17-7-8-18-27/h1,3-4,9-10,13-16,22-23H,2,5-8,11-12,17-18H2,(H,28,32). The smallest absolute Gasteiger partial charge is 0.243 e. The largest absolute Gasteiger partial charge is 0.325 e. The second-order valence-electron chi connectivity index (χ2n) is 9.67. The van der Waals surface area contributed by atoms with E-state index >= 15 is 0 Å². The highest BCUT2D eigenvalue weighted by Gasteiger charge is 2.63. The van der Waals surface area contributed by atoms with Gasteiger partial charge in [0.15, 0.2) is 0 Å². The van der Waals surface area contributed by atoms with Crippen LogP contribution in [0.2, 0.25) is 0 Å². The van der Waals surface area contributed by atoms with Gasteiger partial charge in [-0.15, -0.1) is 0 Å². The molecule has 5 rings (SSSR count). The molecule has 2 aromatic rings. The minimum absolute atomic E-state index is 0.0571. The third-order valence-electron chi connectivity index (χ3n) is 7.55. The lowest BCUT2D eigenvalue weighted by molar-refractivity contribution is -0.144. The van der Waals surface area contributed by atoms with E-state index in [0.717, 1.165) is 50.6 Å². The van der Waals surface area contributed by atoms with Crippen LogP contribution in [0.3, 0.4) is 0 Å². The SMILES string of the molecule is O=C(Nc1ccc(N=Nc2ccccc2)cc1)C1C(=O)N(C2CCCCC2)C(=O)C12CCCC2. The first-order valence-corrected chi connectivity index (χ1v) is 12.3. The normalized spacial score (nSPS) is 22.7. The van der Waals surface area contributed by atoms with Crippen LogP contribution in [0.15, 0.2) is 64.8 Å². The Kier molecular flexibility index (Phi) is 6.26. The molecule has 34 heavy (non-hydrogen) atoms. The van der Waals surface area contributed by atoms with Crippen molar-refractivity contribution >= 4 is 34.8 Å². The molecule has 1 spiro atoms. The molecule has 1 saturated heterocycles. The molecule has 3 fully saturated rings. The first kappa shape index (κ1) is 22.4. The maximum absolute atomic E-state index is 13.5. The third kappa shape index (κ3) is 4.15. The van der Waals surface area contributed by atoms with Gasteiger partial charge in [0.25, 0.3) is 0 Å². The van der Waals surface area contributed by atoms with Crippen molar-refractivity contribution in [2.75, 3.05) is 5.32 Å². The lowest BCUT2D eigenvalue weighted by Crippen LogP contribution is -2.43. The summed E-state index contributed by atoms with van der Waals surface area (Å²) in [6, 6.07) is 16.4. The number of nitrogens with zero attached hydrogens (tertiary/aromatic N) is 3. The Morgan fingerprint density at radius 3 is 2.09 bits per heavy atom. The van der Waals surface area contributed by atoms with E-state index in [2.05, 4.69) is 15.5 Å². The zero-order valence-electron chi connectivity index (χ0n) is 19.3. The van der Waals surface area contributed by atoms with Gasteiger partial charge in [0.1, 0.15) is 5.92 Å². The predicted molar refractivity (Wildman–Crippen MR) is 129 cm³/mol. The van der Waals surface area contributed by atoms with Crippen molar-refractivity contribution in [1.82, 2.24) is 4.90 Å². The number of rotatable bonds is 5. The molecule has 2 aromatic carbocycles. The average Bonchev–Trinajstić information content (AvgIpc) is 3.43. The monoisotopic (exact) mass is 458 g/mol. The first-order chi connectivity index (χ1) is 16.6. The van der Waals surface area contributed by atoms with Crippen LogP contribution in [0.5, 0.6) is 0 Å². The Morgan fingerprint density at radius 1 is 0.824 bits per heavy atom. The number of likely N-dealkylation sites (tertiary alicyclic amines) is 1. The average molecular weight is 459 g/mol. The van der Waals surface area contributed by atoms with Crippen molar-refractivity contribution in [2.24, 2.45) is 21.6 Å². The van der Waals surface area contributed by atoms with E-state index < -0.39 is 11.3 Å². The zero-order chi connectivity index (χ0) is 23.5. The molecule has 0 bridgehead atoms. The van der Waals surface area contributed by atoms with Crippen LogP contribution in [0, 0.1) is 11.3 Å². The lowest BCUT2D eigenvalue weighted by atomic mass is 9.75. The highest BCUT2D eigenvalue weighted by Crippen LogP contribution is 2.52. The molecule has 1 unspecified atom stereocenters. The molecule has 0 radical (unpaired) electrons. The second kappa shape index (κ2) is 9.49. The number of amides is 3. The Bertz CT molecular complexity index is 1080. The minimum atomic E-state index is -0.943. The highest BCUT2D eigenvalue weighted by atomic mass is 16.2. The number of benzene rings is 2. The maximum atomic E-state index is 13.5. The van der Waals surface area contributed by atoms with Gasteiger partial charge in [0.05, 0.1) is 16.8 Å². The van der Waals surface area contributed by atoms with Crippen LogP contribution < -0.4 is 5.32 Å². The summed E-state index contributed by atoms with van der Waals surface area (Å²) in [5.74, 6) is -1.73. The molecule has 7 nitrogen and oxygen atoms in total. The molecule has 2 aliphatic carbocycles. The number of nitrogens with one attached hydrogen (secondary N) is 1. The van der Waals surface area contributed by atoms with Gasteiger partial charge in [-0.1, -0.05) is 50.3 Å². The van der Waals surface area contributed by atoms with Crippen molar-refractivity contribution in [3.63, 3.8) is 0 Å². The highest BCUT2D eigenvalue weighted by molar-refractivity contribution is 6.19. The van der Waals surface area contributed by atoms with E-state index in [4.69, 9.17) is 0 Å². The van der Waals surface area contributed by atoms with E-state index in [1.807, 2.05) is 30.3 Å². The van der Waals surface area contributed by atoms with Crippen molar-refractivity contribution in [1.29, 1.82) is 0 Å². The van der Waals surface area contributed by atoms with Gasteiger partial charge in [-0.25, -0.2) is 0 Å². The summed E-state index contributed by atoms with van der Waals surface area (Å²) in [6.45, 7) is 0. The summed E-state index contributed by atoms with van der Waals surface area (Å²) in [5, 5.41) is 11.3. The summed E-state index contributed by atoms with van der Waals surface area (Å²) < 4.78 is 0. The third-order valence-corrected chi connectivity index (χ3v) is 7.55. The molecular formula is C27H30N4O3. The van der Waals surface area contributed by atoms with Gasteiger partial charge in [0.2, 0.25) is 17.7 Å². The predicted octanol–water partition coefficient (Wildman–Crippen LogP) is 5.92. The van der Waals surface area contributed by atoms with Crippen LogP contribution in [-0.4, -0.2) is 28.7 Å². The number of hydrogen-bond donors (Lipinski definition) is 1. The zero-order valence-corrected chi connectivity index (χ0v) is 19.3. The molecule has 176 valence electrons. The summed E-state index contributed by atoms with van der Waals surface area (Å²) in [7, 11) is 0. The molecule has 1 N–H and O–H groups in total. The number of azo groups is 1. The van der Waals surface area contributed by atoms with Crippen molar-refractivity contribution in [2.45, 2.75) is 63.8 Å². The van der Waals surface area contributed by atoms with Crippen molar-refractivity contribution in [3.8, 4) is 0 Å². The second-order valence-corrected chi connectivity index (χ2v) is 9.67. The van der Waals surface area contributed by atoms with Gasteiger partial charge in [-0.2, -0.15) is 10.2 Å². The fourth-order valence-corrected chi connectivity index (χ4v) is 5.83. The molecule has 2 saturated carbocycles. The molecule has 3 amide bonds. The molecule has 3 aliphatic rings. The van der Waals surface area contributed by atoms with Crippen LogP contribution >= 0.6 is 0 Å². The van der Waals surface area contributed by atoms with Gasteiger partial charge < -0.3 is 5.32 Å². The molecule has 1 heterocycles. The number of imide groups is 1. The van der Waals surface area contributed by atoms with Gasteiger partial charge in [-0.05, 0) is 62.1 Å². The summed E-state index contributed by atoms with van der Waals surface area (Å²) >= 11 is 0. The van der Waals surface area contributed by atoms with Gasteiger partial charge in [0, 0.05) is 11.7 Å². The van der Waals surface area contributed by atoms with Gasteiger partial charge >= 0.3 is 0 Å². The quantitative estimate of drug-likeness (QED) is 0.343. The van der Waals surface area contributed by atoms with Crippen LogP contribution in [-0.2, 0) is 14.4 Å². The first-order valence-electron chi connectivity index (χ1n) is 12.3. The molecule has 1 aliphatic heterocycles. The summed E-state index contributed by atoms with van der Waals surface area (Å²) in [6.07, 6.45) is 7.86. The maximum Gasteiger partial charge on any atom is 0.243 e. The van der Waals surface area contributed by atoms with Crippen LogP contribution in [0.25, 0.3) is 0 Å². The fourth-order valence-electron chi connectivity index (χ4n) is 5.83. The molecule has 1 atom stereocenters. The molecule has 7 heteroatoms. The Hall–Kier alpha value is -3.35. The van der Waals surface area contributed by atoms with E-state index in [0.29, 0.717) is 24.2 Å². The van der Waals surface area contributed by atoms with E-state index in [9.17, 15) is 14.4 Å². The Balaban J connectivity index is 1.32. The van der Waals surface area contributed by atoms with E-state index in [1.54, 1.807) is 24.3 Å². The summed E-state index contributed by atoms with van der Waals surface area (Å²) in [4.78, 5) is 41.9. The Morgan fingerprint density at radius 2 is 1.44 bits per heavy atom. The minimum Gasteiger partial charge on any atom is -0.325 e. The molecule has 0 aromatic heterocycles. The van der Waals surface area contributed by atoms with Crippen LogP contribution in [0.4, 0.5) is 17.1 Å². The number of carbonyl (C=O) groups is 3. The number of carbonyl (C=O) groups excluding carboxylic acids is 3. The number of anilines is 1. The van der Waals surface area contributed by atoms with Crippen LogP contribution in [0.1, 0.15) is 57.8 Å².